The van der Waals surface area contributed by atoms with Crippen LogP contribution in [0.1, 0.15) is 39.0 Å². The second-order valence-corrected chi connectivity index (χ2v) is 5.13. The number of rotatable bonds is 14. The van der Waals surface area contributed by atoms with E-state index in [1.54, 1.807) is 0 Å². The molecule has 0 heterocycles. The quantitative estimate of drug-likeness (QED) is 0.182. The van der Waals surface area contributed by atoms with E-state index in [4.69, 9.17) is 15.6 Å². The largest absolute Gasteiger partial charge is 0.480 e. The number of hydrogen-bond acceptors (Lipinski definition) is 10. The number of carbonyl (C=O) groups is 2. The number of nitrogens with zero attached hydrogens (tertiary/aromatic N) is 2. The van der Waals surface area contributed by atoms with Gasteiger partial charge in [-0.3, -0.25) is 9.59 Å². The summed E-state index contributed by atoms with van der Waals surface area (Å²) in [5, 5.41) is 26.9. The van der Waals surface area contributed by atoms with Crippen molar-refractivity contribution in [1.29, 1.82) is 0 Å². The van der Waals surface area contributed by atoms with Gasteiger partial charge in [-0.05, 0) is 19.8 Å². The number of aliphatic carboxylic acids is 1. The Bertz CT molecular complexity index is 472. The van der Waals surface area contributed by atoms with Crippen molar-refractivity contribution in [3.8, 4) is 0 Å². The van der Waals surface area contributed by atoms with Crippen molar-refractivity contribution in [2.45, 2.75) is 57.3 Å². The molecule has 144 valence electrons. The molecule has 0 fully saturated rings. The van der Waals surface area contributed by atoms with Crippen LogP contribution in [-0.4, -0.2) is 52.1 Å². The number of carboxylic acids is 1. The topological polar surface area (TPSA) is 194 Å². The minimum atomic E-state index is -1.31. The average Bonchev–Trinajstić information content (AvgIpc) is 2.50. The van der Waals surface area contributed by atoms with Gasteiger partial charge in [0.25, 0.3) is 10.2 Å². The van der Waals surface area contributed by atoms with E-state index in [9.17, 15) is 29.8 Å². The molecule has 0 aliphatic heterocycles. The van der Waals surface area contributed by atoms with E-state index in [0.29, 0.717) is 19.3 Å². The van der Waals surface area contributed by atoms with Crippen molar-refractivity contribution in [2.24, 2.45) is 5.73 Å². The second-order valence-electron chi connectivity index (χ2n) is 5.13. The molecule has 0 aromatic rings. The van der Waals surface area contributed by atoms with Crippen LogP contribution in [-0.2, 0) is 24.0 Å². The van der Waals surface area contributed by atoms with Gasteiger partial charge < -0.3 is 25.3 Å². The summed E-state index contributed by atoms with van der Waals surface area (Å²) in [6, 6.07) is -1.31. The van der Waals surface area contributed by atoms with Crippen LogP contribution in [0, 0.1) is 20.2 Å². The van der Waals surface area contributed by atoms with Crippen molar-refractivity contribution < 1.29 is 39.3 Å². The van der Waals surface area contributed by atoms with E-state index < -0.39 is 47.0 Å². The highest BCUT2D eigenvalue weighted by atomic mass is 17.0. The Morgan fingerprint density at radius 1 is 1.16 bits per heavy atom. The van der Waals surface area contributed by atoms with Crippen LogP contribution in [0.25, 0.3) is 0 Å². The monoisotopic (exact) mass is 367 g/mol. The summed E-state index contributed by atoms with van der Waals surface area (Å²) in [7, 11) is 0. The molecule has 13 nitrogen and oxygen atoms in total. The Morgan fingerprint density at radius 3 is 2.32 bits per heavy atom. The normalized spacial score (nSPS) is 14.0. The first-order valence-electron chi connectivity index (χ1n) is 7.39. The van der Waals surface area contributed by atoms with E-state index >= 15 is 0 Å². The molecule has 0 amide bonds. The van der Waals surface area contributed by atoms with Crippen LogP contribution in [0.15, 0.2) is 0 Å². The number of ether oxygens (including phenoxy) is 1. The highest BCUT2D eigenvalue weighted by Crippen LogP contribution is 2.11. The average molecular weight is 367 g/mol. The summed E-state index contributed by atoms with van der Waals surface area (Å²) >= 11 is 0. The second kappa shape index (κ2) is 11.8. The van der Waals surface area contributed by atoms with Crippen LogP contribution in [0.2, 0.25) is 0 Å². The van der Waals surface area contributed by atoms with E-state index in [1.165, 1.54) is 6.92 Å². The van der Waals surface area contributed by atoms with Gasteiger partial charge in [-0.2, -0.15) is 0 Å². The molecule has 0 saturated carbocycles. The van der Waals surface area contributed by atoms with Gasteiger partial charge in [-0.25, -0.2) is 0 Å². The first-order valence-corrected chi connectivity index (χ1v) is 7.39. The van der Waals surface area contributed by atoms with Gasteiger partial charge in [0, 0.05) is 6.42 Å². The molecule has 13 heteroatoms. The van der Waals surface area contributed by atoms with Crippen molar-refractivity contribution in [3.63, 3.8) is 0 Å². The van der Waals surface area contributed by atoms with Crippen LogP contribution in [0.5, 0.6) is 0 Å². The van der Waals surface area contributed by atoms with Gasteiger partial charge in [-0.1, -0.05) is 12.8 Å². The fraction of sp³-hybridized carbons (Fsp3) is 0.833. The molecular formula is C12H21N3O10. The number of esters is 1. The number of carboxylic acid groups (broad SMARTS) is 1. The Balaban J connectivity index is 4.00. The van der Waals surface area contributed by atoms with Gasteiger partial charge in [-0.15, -0.1) is 20.2 Å². The van der Waals surface area contributed by atoms with E-state index in [0.717, 1.165) is 0 Å². The smallest absolute Gasteiger partial charge is 0.324 e. The number of carbonyl (C=O) groups excluding carboxylic acids is 1. The summed E-state index contributed by atoms with van der Waals surface area (Å²) in [6.45, 7) is 0.798. The molecular weight excluding hydrogens is 346 g/mol. The molecule has 0 bridgehead atoms. The molecule has 0 aliphatic rings. The maximum atomic E-state index is 11.5. The predicted molar refractivity (Wildman–Crippen MR) is 79.1 cm³/mol. The Hall–Kier alpha value is -2.70. The highest BCUT2D eigenvalue weighted by Gasteiger charge is 2.23. The molecule has 0 spiro atoms. The molecule has 25 heavy (non-hydrogen) atoms. The van der Waals surface area contributed by atoms with Gasteiger partial charge in [0.15, 0.2) is 0 Å². The van der Waals surface area contributed by atoms with Crippen molar-refractivity contribution in [2.75, 3.05) is 6.61 Å². The van der Waals surface area contributed by atoms with Crippen molar-refractivity contribution >= 4 is 11.9 Å². The Labute approximate surface area is 142 Å². The summed E-state index contributed by atoms with van der Waals surface area (Å²) in [5.41, 5.74) is 5.30. The SMILES string of the molecule is CC(OC(=O)CCCCCC(CO[N+](=O)[O-])O[N+](=O)[O-])C(N)C(=O)O. The Morgan fingerprint density at radius 2 is 1.80 bits per heavy atom. The molecule has 3 atom stereocenters. The minimum Gasteiger partial charge on any atom is -0.480 e. The Kier molecular flexibility index (Phi) is 10.5. The predicted octanol–water partition coefficient (Wildman–Crippen LogP) is 0.0657. The fourth-order valence-electron chi connectivity index (χ4n) is 1.79. The molecule has 0 aromatic carbocycles. The van der Waals surface area contributed by atoms with Gasteiger partial charge in [0.05, 0.1) is 0 Å². The summed E-state index contributed by atoms with van der Waals surface area (Å²) in [5.74, 6) is -1.90. The highest BCUT2D eigenvalue weighted by molar-refractivity contribution is 5.75. The third kappa shape index (κ3) is 11.5. The third-order valence-electron chi connectivity index (χ3n) is 3.12. The van der Waals surface area contributed by atoms with Crippen LogP contribution in [0.4, 0.5) is 0 Å². The maximum Gasteiger partial charge on any atom is 0.324 e. The first kappa shape index (κ1) is 22.3. The molecule has 0 aromatic heterocycles. The molecule has 0 aliphatic carbocycles. The lowest BCUT2D eigenvalue weighted by molar-refractivity contribution is -0.790. The molecule has 0 saturated heterocycles. The van der Waals surface area contributed by atoms with E-state index in [-0.39, 0.29) is 12.8 Å². The molecule has 0 rings (SSSR count). The van der Waals surface area contributed by atoms with Crippen LogP contribution >= 0.6 is 0 Å². The van der Waals surface area contributed by atoms with Crippen LogP contribution < -0.4 is 5.73 Å². The lowest BCUT2D eigenvalue weighted by atomic mass is 10.1. The zero-order valence-corrected chi connectivity index (χ0v) is 13.6. The zero-order valence-electron chi connectivity index (χ0n) is 13.6. The lowest BCUT2D eigenvalue weighted by Gasteiger charge is -2.16. The summed E-state index contributed by atoms with van der Waals surface area (Å²) in [4.78, 5) is 50.8. The van der Waals surface area contributed by atoms with Crippen molar-refractivity contribution in [1.82, 2.24) is 0 Å². The minimum absolute atomic E-state index is 0.0167. The van der Waals surface area contributed by atoms with Crippen LogP contribution in [0.3, 0.4) is 0 Å². The van der Waals surface area contributed by atoms with Gasteiger partial charge >= 0.3 is 11.9 Å². The van der Waals surface area contributed by atoms with Gasteiger partial charge in [0.2, 0.25) is 0 Å². The lowest BCUT2D eigenvalue weighted by Crippen LogP contribution is -2.42. The van der Waals surface area contributed by atoms with E-state index in [1.807, 2.05) is 0 Å². The standard InChI is InChI=1S/C12H21N3O10/c1-8(11(13)12(17)18)24-10(16)6-4-2-3-5-9(25-15(21)22)7-23-14(19)20/h8-9,11H,2-7,13H2,1H3,(H,17,18). The summed E-state index contributed by atoms with van der Waals surface area (Å²) < 4.78 is 4.86. The zero-order chi connectivity index (χ0) is 19.4. The number of nitrogens with two attached hydrogens (primary N) is 1. The summed E-state index contributed by atoms with van der Waals surface area (Å²) in [6.07, 6.45) is -0.646. The number of hydrogen-bond donors (Lipinski definition) is 2. The van der Waals surface area contributed by atoms with Gasteiger partial charge in [0.1, 0.15) is 24.9 Å². The third-order valence-corrected chi connectivity index (χ3v) is 3.12. The molecule has 3 unspecified atom stereocenters. The molecule has 3 N–H and O–H groups in total. The maximum absolute atomic E-state index is 11.5. The fourth-order valence-corrected chi connectivity index (χ4v) is 1.79. The van der Waals surface area contributed by atoms with Crippen molar-refractivity contribution in [3.05, 3.63) is 20.2 Å². The molecule has 0 radical (unpaired) electrons. The first-order chi connectivity index (χ1) is 11.6. The van der Waals surface area contributed by atoms with E-state index in [2.05, 4.69) is 9.68 Å². The number of unbranched alkanes of at least 4 members (excludes halogenated alkanes) is 2.